The van der Waals surface area contributed by atoms with E-state index < -0.39 is 12.6 Å². The number of nitrogen functional groups attached to an aromatic ring is 1. The van der Waals surface area contributed by atoms with Crippen molar-refractivity contribution in [3.63, 3.8) is 0 Å². The highest BCUT2D eigenvalue weighted by Crippen LogP contribution is 2.43. The first-order chi connectivity index (χ1) is 7.87. The van der Waals surface area contributed by atoms with Crippen molar-refractivity contribution in [2.24, 2.45) is 0 Å². The molecule has 1 saturated carbocycles. The van der Waals surface area contributed by atoms with Gasteiger partial charge in [0.25, 0.3) is 0 Å². The second kappa shape index (κ2) is 4.44. The van der Waals surface area contributed by atoms with Gasteiger partial charge in [0.15, 0.2) is 0 Å². The van der Waals surface area contributed by atoms with Crippen molar-refractivity contribution in [1.82, 2.24) is 9.97 Å². The van der Waals surface area contributed by atoms with Crippen LogP contribution < -0.4 is 5.73 Å². The summed E-state index contributed by atoms with van der Waals surface area (Å²) in [6.07, 6.45) is -3.31. The lowest BCUT2D eigenvalue weighted by atomic mass is 10.2. The van der Waals surface area contributed by atoms with Crippen LogP contribution in [0.5, 0.6) is 0 Å². The van der Waals surface area contributed by atoms with Crippen molar-refractivity contribution >= 4 is 21.7 Å². The zero-order chi connectivity index (χ0) is 12.6. The van der Waals surface area contributed by atoms with Gasteiger partial charge in [0.2, 0.25) is 0 Å². The molecule has 1 heterocycles. The van der Waals surface area contributed by atoms with Gasteiger partial charge in [-0.2, -0.15) is 13.2 Å². The van der Waals surface area contributed by atoms with Gasteiger partial charge in [0.1, 0.15) is 11.6 Å². The van der Waals surface area contributed by atoms with Crippen LogP contribution in [0.25, 0.3) is 0 Å². The molecule has 7 heteroatoms. The van der Waals surface area contributed by atoms with Crippen LogP contribution in [-0.4, -0.2) is 16.1 Å². The number of aromatic nitrogens is 2. The first kappa shape index (κ1) is 12.6. The van der Waals surface area contributed by atoms with Crippen molar-refractivity contribution in [3.05, 3.63) is 16.0 Å². The number of rotatable bonds is 3. The lowest BCUT2D eigenvalue weighted by molar-refractivity contribution is -0.134. The van der Waals surface area contributed by atoms with Gasteiger partial charge in [-0.15, -0.1) is 0 Å². The summed E-state index contributed by atoms with van der Waals surface area (Å²) in [7, 11) is 0. The van der Waals surface area contributed by atoms with Crippen LogP contribution in [0.2, 0.25) is 0 Å². The quantitative estimate of drug-likeness (QED) is 0.933. The van der Waals surface area contributed by atoms with Crippen molar-refractivity contribution in [1.29, 1.82) is 0 Å². The molecule has 0 bridgehead atoms. The van der Waals surface area contributed by atoms with Gasteiger partial charge in [-0.05, 0) is 28.8 Å². The number of hydrogen-bond acceptors (Lipinski definition) is 3. The molecule has 0 atom stereocenters. The molecule has 1 aliphatic rings. The van der Waals surface area contributed by atoms with E-state index in [0.717, 1.165) is 18.5 Å². The standard InChI is InChI=1S/C10H11BrF3N3/c11-7-8(5-1-2-5)16-6(17-9(7)15)3-4-10(12,13)14/h5H,1-4H2,(H2,15,16,17). The lowest BCUT2D eigenvalue weighted by Crippen LogP contribution is -2.12. The van der Waals surface area contributed by atoms with E-state index in [1.54, 1.807) is 0 Å². The van der Waals surface area contributed by atoms with Gasteiger partial charge in [-0.1, -0.05) is 0 Å². The van der Waals surface area contributed by atoms with Crippen molar-refractivity contribution < 1.29 is 13.2 Å². The molecule has 1 aliphatic carbocycles. The van der Waals surface area contributed by atoms with E-state index in [0.29, 0.717) is 10.4 Å². The number of halogens is 4. The minimum atomic E-state index is -4.19. The molecule has 1 aromatic heterocycles. The Labute approximate surface area is 105 Å². The third kappa shape index (κ3) is 3.31. The Morgan fingerprint density at radius 1 is 1.29 bits per heavy atom. The van der Waals surface area contributed by atoms with Crippen LogP contribution in [0.15, 0.2) is 4.47 Å². The molecular formula is C10H11BrF3N3. The van der Waals surface area contributed by atoms with Crippen LogP contribution in [0, 0.1) is 0 Å². The number of alkyl halides is 3. The van der Waals surface area contributed by atoms with Crippen LogP contribution in [0.4, 0.5) is 19.0 Å². The van der Waals surface area contributed by atoms with Crippen molar-refractivity contribution in [2.45, 2.75) is 37.8 Å². The van der Waals surface area contributed by atoms with E-state index in [1.807, 2.05) is 0 Å². The van der Waals surface area contributed by atoms with E-state index in [1.165, 1.54) is 0 Å². The molecule has 0 amide bonds. The fraction of sp³-hybridized carbons (Fsp3) is 0.600. The Hall–Kier alpha value is -0.850. The zero-order valence-corrected chi connectivity index (χ0v) is 10.5. The summed E-state index contributed by atoms with van der Waals surface area (Å²) in [5.41, 5.74) is 6.39. The number of aryl methyl sites for hydroxylation is 1. The first-order valence-corrected chi connectivity index (χ1v) is 6.04. The van der Waals surface area contributed by atoms with E-state index in [4.69, 9.17) is 5.73 Å². The monoisotopic (exact) mass is 309 g/mol. The molecule has 0 saturated heterocycles. The number of nitrogens with two attached hydrogens (primary N) is 1. The molecule has 0 aromatic carbocycles. The fourth-order valence-corrected chi connectivity index (χ4v) is 2.03. The molecule has 2 N–H and O–H groups in total. The zero-order valence-electron chi connectivity index (χ0n) is 8.89. The summed E-state index contributed by atoms with van der Waals surface area (Å²) in [4.78, 5) is 8.03. The number of nitrogens with zero attached hydrogens (tertiary/aromatic N) is 2. The SMILES string of the molecule is Nc1nc(CCC(F)(F)F)nc(C2CC2)c1Br. The summed E-state index contributed by atoms with van der Waals surface area (Å²) < 4.78 is 36.9. The minimum absolute atomic E-state index is 0.171. The lowest BCUT2D eigenvalue weighted by Gasteiger charge is -2.09. The van der Waals surface area contributed by atoms with Crippen LogP contribution in [0.3, 0.4) is 0 Å². The Balaban J connectivity index is 2.17. The Kier molecular flexibility index (Phi) is 3.29. The van der Waals surface area contributed by atoms with Crippen LogP contribution in [-0.2, 0) is 6.42 Å². The van der Waals surface area contributed by atoms with Crippen molar-refractivity contribution in [3.8, 4) is 0 Å². The van der Waals surface area contributed by atoms with Gasteiger partial charge >= 0.3 is 6.18 Å². The van der Waals surface area contributed by atoms with Gasteiger partial charge in [-0.25, -0.2) is 9.97 Å². The first-order valence-electron chi connectivity index (χ1n) is 5.25. The number of hydrogen-bond donors (Lipinski definition) is 1. The number of anilines is 1. The highest BCUT2D eigenvalue weighted by molar-refractivity contribution is 9.10. The topological polar surface area (TPSA) is 51.8 Å². The smallest absolute Gasteiger partial charge is 0.383 e. The average molecular weight is 310 g/mol. The molecule has 1 aromatic rings. The summed E-state index contributed by atoms with van der Waals surface area (Å²) in [5.74, 6) is 0.711. The van der Waals surface area contributed by atoms with E-state index in [9.17, 15) is 13.2 Å². The molecule has 0 unspecified atom stereocenters. The molecule has 3 nitrogen and oxygen atoms in total. The predicted octanol–water partition coefficient (Wildman–Crippen LogP) is 3.19. The third-order valence-electron chi connectivity index (χ3n) is 2.54. The Morgan fingerprint density at radius 2 is 1.94 bits per heavy atom. The summed E-state index contributed by atoms with van der Waals surface area (Å²) in [5, 5.41) is 0. The molecule has 0 radical (unpaired) electrons. The normalized spacial score (nSPS) is 16.2. The Morgan fingerprint density at radius 3 is 2.47 bits per heavy atom. The molecule has 0 spiro atoms. The molecule has 1 fully saturated rings. The van der Waals surface area contributed by atoms with Gasteiger partial charge < -0.3 is 5.73 Å². The van der Waals surface area contributed by atoms with Crippen LogP contribution >= 0.6 is 15.9 Å². The van der Waals surface area contributed by atoms with E-state index in [-0.39, 0.29) is 18.1 Å². The van der Waals surface area contributed by atoms with Gasteiger partial charge in [0, 0.05) is 12.3 Å². The molecule has 94 valence electrons. The predicted molar refractivity (Wildman–Crippen MR) is 60.5 cm³/mol. The fourth-order valence-electron chi connectivity index (χ4n) is 1.53. The maximum Gasteiger partial charge on any atom is 0.389 e. The van der Waals surface area contributed by atoms with Crippen LogP contribution in [0.1, 0.15) is 36.7 Å². The maximum absolute atomic E-state index is 12.1. The Bertz CT molecular complexity index is 430. The highest BCUT2D eigenvalue weighted by Gasteiger charge is 2.30. The minimum Gasteiger partial charge on any atom is -0.383 e. The van der Waals surface area contributed by atoms with E-state index in [2.05, 4.69) is 25.9 Å². The molecule has 2 rings (SSSR count). The maximum atomic E-state index is 12.1. The summed E-state index contributed by atoms with van der Waals surface area (Å²) in [6.45, 7) is 0. The largest absolute Gasteiger partial charge is 0.389 e. The average Bonchev–Trinajstić information content (AvgIpc) is 3.02. The molecular weight excluding hydrogens is 299 g/mol. The molecule has 0 aliphatic heterocycles. The summed E-state index contributed by atoms with van der Waals surface area (Å²) >= 11 is 3.27. The van der Waals surface area contributed by atoms with E-state index >= 15 is 0 Å². The summed E-state index contributed by atoms with van der Waals surface area (Å²) in [6, 6.07) is 0. The molecule has 17 heavy (non-hydrogen) atoms. The highest BCUT2D eigenvalue weighted by atomic mass is 79.9. The van der Waals surface area contributed by atoms with Gasteiger partial charge in [-0.3, -0.25) is 0 Å². The third-order valence-corrected chi connectivity index (χ3v) is 3.36. The second-order valence-electron chi connectivity index (χ2n) is 4.11. The second-order valence-corrected chi connectivity index (χ2v) is 4.91. The van der Waals surface area contributed by atoms with Crippen molar-refractivity contribution in [2.75, 3.05) is 5.73 Å². The van der Waals surface area contributed by atoms with Gasteiger partial charge in [0.05, 0.1) is 16.6 Å².